The molecule has 36 heteroatoms. The van der Waals surface area contributed by atoms with E-state index in [1.54, 1.807) is 30.2 Å². The van der Waals surface area contributed by atoms with Gasteiger partial charge >= 0.3 is 23.9 Å². The van der Waals surface area contributed by atoms with Crippen molar-refractivity contribution in [1.82, 2.24) is 95.0 Å². The van der Waals surface area contributed by atoms with Crippen LogP contribution in [-0.2, 0) is 16.1 Å². The monoisotopic (exact) mass is 1780 g/mol. The van der Waals surface area contributed by atoms with E-state index in [2.05, 4.69) is 139 Å². The number of fused-ring (bicyclic) bond motifs is 1. The normalized spacial score (nSPS) is 19.3. The van der Waals surface area contributed by atoms with Gasteiger partial charge < -0.3 is 59.4 Å². The number of hydrogen-bond donors (Lipinski definition) is 4. The maximum Gasteiger partial charge on any atom is 0.471 e. The topological polar surface area (TPSA) is 341 Å². The fourth-order valence-corrected chi connectivity index (χ4v) is 18.6. The molecule has 31 nitrogen and oxygen atoms in total. The number of H-pyrrole nitrogens is 1. The second kappa shape index (κ2) is 40.8. The summed E-state index contributed by atoms with van der Waals surface area (Å²) in [5.41, 5.74) is 16.2. The van der Waals surface area contributed by atoms with Crippen molar-refractivity contribution in [1.29, 1.82) is 0 Å². The molecular weight excluding hydrogens is 1670 g/mol. The Morgan fingerprint density at radius 1 is 0.598 bits per heavy atom. The molecule has 3 atom stereocenters. The number of imidazole rings is 1. The minimum Gasteiger partial charge on any atom is -0.501 e. The summed E-state index contributed by atoms with van der Waals surface area (Å²) in [6.07, 6.45) is 12.0. The molecule has 6 saturated heterocycles. The standard InChI is InChI=1S/C31H36ClF3N10O4.C31H37N7O.C29H38ClN7O2/c1-3-18-15-44(25-23(32)39-22(24(36)40-25)27-41-42-28(49-27)26(46)37-17-5-6-17)12-13-45(18)19-8-10-43(11-9-19)29(47)20-7-4-16(2)14-21(20)38-30(48)31(33,34)35;1-4-24-20-37(30-22(3)33-28(19-32-30)29-34-26-7-5-6-8-27(26)35-29)17-18-38(24)25-13-15-36(16-14-25)31(39)23-11-9-21(2)10-12-23;1-4-23-19-36(28-27(30)33-26(29-34-31-20-39-29)25(32-28)12-17-38-5-2)15-16-37(23)24-10-13-35(14-11-24)18-22-8-6-21(3)7-9-22/h4,7,14,17-19H,3,5-6,8-13,15H2,1-2H3,(H2,36,40)(H,37,46)(H,38,48);5-12,19,24-25H,4,13-18,20H2,1-3H3,(H,34,35);6-9,12,17,20,23-24H,4-5,10-11,13-16,18-19H2,1-3H3/b;;17-12-/t18-;24-;23-/m000/s1. The Kier molecular flexibility index (Phi) is 29.1. The van der Waals surface area contributed by atoms with Gasteiger partial charge in [-0.05, 0) is 166 Å². The van der Waals surface area contributed by atoms with E-state index >= 15 is 0 Å². The Hall–Kier alpha value is -11.3. The van der Waals surface area contributed by atoms with E-state index in [1.165, 1.54) is 48.1 Å². The number of carbonyl (C=O) groups is 4. The van der Waals surface area contributed by atoms with Crippen molar-refractivity contribution in [2.45, 2.75) is 181 Å². The zero-order valence-corrected chi connectivity index (χ0v) is 74.6. The first-order chi connectivity index (χ1) is 61.4. The molecule has 0 bridgehead atoms. The number of aryl methyl sites for hydroxylation is 4. The van der Waals surface area contributed by atoms with Crippen LogP contribution in [0.3, 0.4) is 0 Å². The van der Waals surface area contributed by atoms with Gasteiger partial charge in [0.2, 0.25) is 6.39 Å². The van der Waals surface area contributed by atoms with E-state index in [-0.39, 0.29) is 69.6 Å². The maximum absolute atomic E-state index is 13.4. The number of halogens is 5. The number of amides is 4. The summed E-state index contributed by atoms with van der Waals surface area (Å²) < 4.78 is 55.1. The van der Waals surface area contributed by atoms with Crippen LogP contribution < -0.4 is 31.1 Å². The Balaban J connectivity index is 0.000000148. The number of likely N-dealkylation sites (tertiary alicyclic amines) is 3. The molecule has 0 radical (unpaired) electrons. The smallest absolute Gasteiger partial charge is 0.471 e. The Morgan fingerprint density at radius 3 is 1.72 bits per heavy atom. The van der Waals surface area contributed by atoms with Crippen molar-refractivity contribution in [2.75, 3.05) is 131 Å². The molecule has 6 aliphatic heterocycles. The van der Waals surface area contributed by atoms with Gasteiger partial charge in [0, 0.05) is 146 Å². The summed E-state index contributed by atoms with van der Waals surface area (Å²) in [6.45, 7) is 30.3. The lowest BCUT2D eigenvalue weighted by molar-refractivity contribution is -0.167. The zero-order valence-electron chi connectivity index (χ0n) is 73.1. The summed E-state index contributed by atoms with van der Waals surface area (Å²) >= 11 is 13.3. The van der Waals surface area contributed by atoms with Crippen molar-refractivity contribution < 1.29 is 45.9 Å². The van der Waals surface area contributed by atoms with E-state index < -0.39 is 23.9 Å². The van der Waals surface area contributed by atoms with Gasteiger partial charge in [0.1, 0.15) is 11.5 Å². The lowest BCUT2D eigenvalue weighted by Crippen LogP contribution is -2.58. The summed E-state index contributed by atoms with van der Waals surface area (Å²) in [4.78, 5) is 107. The fourth-order valence-electron chi connectivity index (χ4n) is 18.1. The molecule has 0 unspecified atom stereocenters. The average Bonchev–Trinajstić information content (AvgIpc) is 1.74. The largest absolute Gasteiger partial charge is 0.501 e. The number of hydrogen-bond acceptors (Lipinski definition) is 26. The number of anilines is 5. The van der Waals surface area contributed by atoms with Crippen LogP contribution in [0.2, 0.25) is 10.3 Å². The molecule has 4 aromatic carbocycles. The number of alkyl halides is 3. The molecule has 672 valence electrons. The third kappa shape index (κ3) is 21.8. The number of carbonyl (C=O) groups excluding carboxylic acids is 4. The van der Waals surface area contributed by atoms with Gasteiger partial charge in [0.25, 0.3) is 23.6 Å². The molecule has 5 N–H and O–H groups in total. The van der Waals surface area contributed by atoms with Crippen LogP contribution in [0, 0.1) is 27.7 Å². The molecule has 12 heterocycles. The molecule has 7 aliphatic rings. The number of para-hydroxylation sites is 2. The molecule has 7 fully saturated rings. The molecule has 1 aliphatic carbocycles. The summed E-state index contributed by atoms with van der Waals surface area (Å²) in [5, 5.41) is 20.6. The van der Waals surface area contributed by atoms with Gasteiger partial charge in [-0.3, -0.25) is 38.8 Å². The van der Waals surface area contributed by atoms with Crippen molar-refractivity contribution in [3.05, 3.63) is 171 Å². The number of benzene rings is 4. The minimum absolute atomic E-state index is 0.0172. The van der Waals surface area contributed by atoms with Crippen molar-refractivity contribution >= 4 is 92.9 Å². The summed E-state index contributed by atoms with van der Waals surface area (Å²) in [6, 6.07) is 31.8. The Morgan fingerprint density at radius 2 is 1.16 bits per heavy atom. The van der Waals surface area contributed by atoms with Crippen LogP contribution in [0.25, 0.3) is 51.8 Å². The van der Waals surface area contributed by atoms with Gasteiger partial charge in [-0.15, -0.1) is 20.4 Å². The molecule has 10 aromatic rings. The number of nitrogens with zero attached hydrogens (tertiary/aromatic N) is 20. The van der Waals surface area contributed by atoms with Crippen LogP contribution in [0.5, 0.6) is 0 Å². The second-order valence-corrected chi connectivity index (χ2v) is 34.4. The Bertz CT molecular complexity index is 5450. The lowest BCUT2D eigenvalue weighted by atomic mass is 9.97. The van der Waals surface area contributed by atoms with Crippen molar-refractivity contribution in [3.63, 3.8) is 0 Å². The first kappa shape index (κ1) is 90.5. The number of aromatic amines is 1. The van der Waals surface area contributed by atoms with Crippen molar-refractivity contribution in [2.24, 2.45) is 0 Å². The average molecular weight is 1780 g/mol. The van der Waals surface area contributed by atoms with E-state index in [0.29, 0.717) is 110 Å². The summed E-state index contributed by atoms with van der Waals surface area (Å²) in [5.74, 6) is -0.0139. The fraction of sp³-hybridized carbons (Fsp3) is 0.484. The van der Waals surface area contributed by atoms with Crippen LogP contribution >= 0.6 is 23.2 Å². The quantitative estimate of drug-likeness (QED) is 0.0458. The summed E-state index contributed by atoms with van der Waals surface area (Å²) in [7, 11) is 0. The number of nitrogen functional groups attached to an aromatic ring is 1. The molecule has 4 amide bonds. The highest BCUT2D eigenvalue weighted by atomic mass is 35.5. The van der Waals surface area contributed by atoms with Crippen LogP contribution in [0.4, 0.5) is 42.1 Å². The molecule has 127 heavy (non-hydrogen) atoms. The van der Waals surface area contributed by atoms with Gasteiger partial charge in [0.15, 0.2) is 45.0 Å². The second-order valence-electron chi connectivity index (χ2n) is 33.7. The van der Waals surface area contributed by atoms with Crippen LogP contribution in [0.15, 0.2) is 119 Å². The SMILES string of the molecule is CCO/C=C\c1nc(N2CCN(C3CCN(Cc4ccc(C)cc4)CC3)[C@@H](CC)C2)c(Cl)nc1-c1nnco1.CC[C@H]1CN(c2nc(N)c(-c3nnc(C(=O)NC4CC4)o3)nc2Cl)CCN1C1CCN(C(=O)c2ccc(C)cc2NC(=O)C(F)(F)F)CC1.CC[C@H]1CN(c2ncc(-c3nc4ccccc4[nH]3)nc2C)CCN1C1CCN(C(=O)c2ccc(C)cc2)CC1. The number of nitrogens with two attached hydrogens (primary N) is 1. The first-order valence-electron chi connectivity index (χ1n) is 44.2. The highest BCUT2D eigenvalue weighted by Gasteiger charge is 2.42. The molecule has 1 saturated carbocycles. The van der Waals surface area contributed by atoms with Gasteiger partial charge in [-0.25, -0.2) is 34.9 Å². The molecule has 17 rings (SSSR count). The highest BCUT2D eigenvalue weighted by Crippen LogP contribution is 2.38. The lowest BCUT2D eigenvalue weighted by Gasteiger charge is -2.47. The van der Waals surface area contributed by atoms with E-state index in [9.17, 15) is 32.3 Å². The van der Waals surface area contributed by atoms with Gasteiger partial charge in [-0.1, -0.05) is 110 Å². The number of aromatic nitrogens is 12. The number of ether oxygens (including phenoxy) is 1. The van der Waals surface area contributed by atoms with Crippen molar-refractivity contribution in [3.8, 4) is 34.7 Å². The van der Waals surface area contributed by atoms with Gasteiger partial charge in [0.05, 0.1) is 52.7 Å². The van der Waals surface area contributed by atoms with Crippen LogP contribution in [-0.4, -0.2) is 267 Å². The number of rotatable bonds is 22. The zero-order chi connectivity index (χ0) is 89.2. The molecule has 6 aromatic heterocycles. The van der Waals surface area contributed by atoms with E-state index in [1.807, 2.05) is 83.7 Å². The predicted octanol–water partition coefficient (Wildman–Crippen LogP) is 13.6. The third-order valence-corrected chi connectivity index (χ3v) is 25.7. The molecule has 0 spiro atoms. The minimum atomic E-state index is -5.08. The first-order valence-corrected chi connectivity index (χ1v) is 45.0. The maximum atomic E-state index is 13.4. The third-order valence-electron chi connectivity index (χ3n) is 25.2. The van der Waals surface area contributed by atoms with Crippen LogP contribution in [0.1, 0.15) is 163 Å². The Labute approximate surface area is 746 Å². The van der Waals surface area contributed by atoms with E-state index in [4.69, 9.17) is 57.5 Å². The number of nitrogens with one attached hydrogen (secondary N) is 3. The highest BCUT2D eigenvalue weighted by molar-refractivity contribution is 6.32. The number of piperidine rings is 3. The van der Waals surface area contributed by atoms with Gasteiger partial charge in [-0.2, -0.15) is 13.2 Å². The number of piperazine rings is 3. The van der Waals surface area contributed by atoms with E-state index in [0.717, 1.165) is 157 Å². The molecular formula is C91H111Cl2F3N24O7. The predicted molar refractivity (Wildman–Crippen MR) is 481 cm³/mol.